The summed E-state index contributed by atoms with van der Waals surface area (Å²) in [5.41, 5.74) is 2.20. The van der Waals surface area contributed by atoms with Crippen LogP contribution >= 0.6 is 11.6 Å². The van der Waals surface area contributed by atoms with E-state index in [9.17, 15) is 4.79 Å². The maximum Gasteiger partial charge on any atom is 0.260 e. The van der Waals surface area contributed by atoms with Gasteiger partial charge in [-0.25, -0.2) is 0 Å². The highest BCUT2D eigenvalue weighted by molar-refractivity contribution is 6.33. The van der Waals surface area contributed by atoms with Gasteiger partial charge in [0.15, 0.2) is 0 Å². The number of pyridine rings is 1. The molecule has 4 aromatic rings. The number of furan rings is 1. The molecule has 1 aromatic carbocycles. The van der Waals surface area contributed by atoms with Crippen molar-refractivity contribution in [3.8, 4) is 11.3 Å². The lowest BCUT2D eigenvalue weighted by atomic mass is 10.0. The predicted octanol–water partition coefficient (Wildman–Crippen LogP) is 5.13. The minimum Gasteiger partial charge on any atom is -0.467 e. The van der Waals surface area contributed by atoms with Crippen molar-refractivity contribution in [1.29, 1.82) is 0 Å². The summed E-state index contributed by atoms with van der Waals surface area (Å²) in [5.74, 6) is 0.860. The Morgan fingerprint density at radius 2 is 1.90 bits per heavy atom. The smallest absolute Gasteiger partial charge is 0.260 e. The number of carbonyl (C=O) groups excluding carboxylic acids is 1. The number of benzene rings is 1. The first-order valence-electron chi connectivity index (χ1n) is 9.06. The fraction of sp³-hybridized carbons (Fsp3) is 0.136. The summed E-state index contributed by atoms with van der Waals surface area (Å²) >= 11 is 6.34. The van der Waals surface area contributed by atoms with Crippen LogP contribution in [0, 0.1) is 6.92 Å². The summed E-state index contributed by atoms with van der Waals surface area (Å²) in [6.07, 6.45) is 3.28. The van der Waals surface area contributed by atoms with E-state index >= 15 is 0 Å². The van der Waals surface area contributed by atoms with Crippen LogP contribution in [-0.2, 0) is 13.1 Å². The molecular formula is C22H18ClN3O3. The number of amides is 1. The Hall–Kier alpha value is -3.38. The molecule has 0 aliphatic carbocycles. The number of halogens is 1. The van der Waals surface area contributed by atoms with E-state index in [2.05, 4.69) is 10.1 Å². The standard InChI is InChI=1S/C22H18ClN3O3/c1-15-20(21(25-29-15)18-9-2-3-10-19(18)23)22(27)26(14-17-8-6-12-28-17)13-16-7-4-5-11-24-16/h2-12H,13-14H2,1H3. The summed E-state index contributed by atoms with van der Waals surface area (Å²) in [5, 5.41) is 4.61. The second kappa shape index (κ2) is 8.32. The lowest BCUT2D eigenvalue weighted by molar-refractivity contribution is 0.0714. The van der Waals surface area contributed by atoms with E-state index in [0.29, 0.717) is 39.9 Å². The van der Waals surface area contributed by atoms with Gasteiger partial charge in [-0.05, 0) is 37.3 Å². The molecule has 7 heteroatoms. The van der Waals surface area contributed by atoms with Crippen molar-refractivity contribution in [1.82, 2.24) is 15.0 Å². The van der Waals surface area contributed by atoms with Crippen LogP contribution in [0.4, 0.5) is 0 Å². The third-order valence-electron chi connectivity index (χ3n) is 4.50. The molecule has 0 saturated heterocycles. The fourth-order valence-electron chi connectivity index (χ4n) is 3.10. The van der Waals surface area contributed by atoms with Gasteiger partial charge in [-0.3, -0.25) is 9.78 Å². The average molecular weight is 408 g/mol. The molecule has 0 bridgehead atoms. The first-order valence-corrected chi connectivity index (χ1v) is 9.44. The fourth-order valence-corrected chi connectivity index (χ4v) is 3.32. The average Bonchev–Trinajstić information content (AvgIpc) is 3.38. The summed E-state index contributed by atoms with van der Waals surface area (Å²) in [7, 11) is 0. The molecule has 0 aliphatic rings. The number of hydrogen-bond donors (Lipinski definition) is 0. The van der Waals surface area contributed by atoms with Crippen LogP contribution in [0.25, 0.3) is 11.3 Å². The summed E-state index contributed by atoms with van der Waals surface area (Å²) in [4.78, 5) is 19.6. The van der Waals surface area contributed by atoms with E-state index < -0.39 is 0 Å². The molecule has 1 amide bonds. The van der Waals surface area contributed by atoms with Crippen molar-refractivity contribution in [2.45, 2.75) is 20.0 Å². The molecule has 0 N–H and O–H groups in total. The van der Waals surface area contributed by atoms with Crippen LogP contribution < -0.4 is 0 Å². The Labute approximate surface area is 172 Å². The van der Waals surface area contributed by atoms with Gasteiger partial charge in [0.1, 0.15) is 22.8 Å². The normalized spacial score (nSPS) is 10.8. The number of aryl methyl sites for hydroxylation is 1. The van der Waals surface area contributed by atoms with E-state index in [1.54, 1.807) is 36.4 Å². The number of nitrogens with zero attached hydrogens (tertiary/aromatic N) is 3. The van der Waals surface area contributed by atoms with Gasteiger partial charge in [-0.2, -0.15) is 0 Å². The molecular weight excluding hydrogens is 390 g/mol. The molecule has 0 radical (unpaired) electrons. The summed E-state index contributed by atoms with van der Waals surface area (Å²) in [6.45, 7) is 2.31. The monoisotopic (exact) mass is 407 g/mol. The molecule has 0 atom stereocenters. The molecule has 29 heavy (non-hydrogen) atoms. The minimum atomic E-state index is -0.235. The molecule has 146 valence electrons. The van der Waals surface area contributed by atoms with Crippen molar-refractivity contribution >= 4 is 17.5 Å². The Balaban J connectivity index is 1.73. The first-order chi connectivity index (χ1) is 14.1. The van der Waals surface area contributed by atoms with Crippen molar-refractivity contribution in [2.24, 2.45) is 0 Å². The molecule has 3 aromatic heterocycles. The highest BCUT2D eigenvalue weighted by Gasteiger charge is 2.28. The van der Waals surface area contributed by atoms with Crippen molar-refractivity contribution in [3.63, 3.8) is 0 Å². The zero-order valence-electron chi connectivity index (χ0n) is 15.7. The van der Waals surface area contributed by atoms with Crippen molar-refractivity contribution in [3.05, 3.63) is 94.9 Å². The SMILES string of the molecule is Cc1onc(-c2ccccc2Cl)c1C(=O)N(Cc1ccccn1)Cc1ccco1. The molecule has 0 fully saturated rings. The number of hydrogen-bond acceptors (Lipinski definition) is 5. The number of carbonyl (C=O) groups is 1. The molecule has 4 rings (SSSR count). The van der Waals surface area contributed by atoms with Gasteiger partial charge >= 0.3 is 0 Å². The highest BCUT2D eigenvalue weighted by atomic mass is 35.5. The van der Waals surface area contributed by atoms with Crippen LogP contribution in [0.1, 0.15) is 27.6 Å². The molecule has 0 saturated carbocycles. The lowest BCUT2D eigenvalue weighted by Gasteiger charge is -2.21. The van der Waals surface area contributed by atoms with E-state index in [4.69, 9.17) is 20.5 Å². The van der Waals surface area contributed by atoms with Crippen LogP contribution in [0.15, 0.2) is 76.0 Å². The van der Waals surface area contributed by atoms with Gasteiger partial charge in [0.2, 0.25) is 0 Å². The number of rotatable bonds is 6. The van der Waals surface area contributed by atoms with Gasteiger partial charge in [-0.1, -0.05) is 41.0 Å². The van der Waals surface area contributed by atoms with Crippen LogP contribution in [0.5, 0.6) is 0 Å². The maximum absolute atomic E-state index is 13.6. The lowest BCUT2D eigenvalue weighted by Crippen LogP contribution is -2.31. The highest BCUT2D eigenvalue weighted by Crippen LogP contribution is 2.32. The van der Waals surface area contributed by atoms with Crippen LogP contribution in [-0.4, -0.2) is 20.9 Å². The third-order valence-corrected chi connectivity index (χ3v) is 4.83. The Morgan fingerprint density at radius 3 is 2.62 bits per heavy atom. The van der Waals surface area contributed by atoms with E-state index in [1.807, 2.05) is 42.5 Å². The molecule has 0 aliphatic heterocycles. The van der Waals surface area contributed by atoms with Crippen LogP contribution in [0.3, 0.4) is 0 Å². The van der Waals surface area contributed by atoms with Gasteiger partial charge in [-0.15, -0.1) is 0 Å². The molecule has 0 unspecified atom stereocenters. The van der Waals surface area contributed by atoms with E-state index in [1.165, 1.54) is 0 Å². The first kappa shape index (κ1) is 19.0. The zero-order valence-corrected chi connectivity index (χ0v) is 16.5. The zero-order chi connectivity index (χ0) is 20.2. The minimum absolute atomic E-state index is 0.235. The second-order valence-corrected chi connectivity index (χ2v) is 6.91. The van der Waals surface area contributed by atoms with Gasteiger partial charge < -0.3 is 13.8 Å². The molecule has 6 nitrogen and oxygen atoms in total. The van der Waals surface area contributed by atoms with Gasteiger partial charge in [0.25, 0.3) is 5.91 Å². The maximum atomic E-state index is 13.6. The summed E-state index contributed by atoms with van der Waals surface area (Å²) < 4.78 is 10.8. The Kier molecular flexibility index (Phi) is 5.44. The predicted molar refractivity (Wildman–Crippen MR) is 108 cm³/mol. The van der Waals surface area contributed by atoms with E-state index in [0.717, 1.165) is 5.69 Å². The van der Waals surface area contributed by atoms with Crippen LogP contribution in [0.2, 0.25) is 5.02 Å². The van der Waals surface area contributed by atoms with Gasteiger partial charge in [0.05, 0.1) is 30.1 Å². The largest absolute Gasteiger partial charge is 0.467 e. The summed E-state index contributed by atoms with van der Waals surface area (Å²) in [6, 6.07) is 16.4. The van der Waals surface area contributed by atoms with Crippen molar-refractivity contribution in [2.75, 3.05) is 0 Å². The Morgan fingerprint density at radius 1 is 1.07 bits per heavy atom. The quantitative estimate of drug-likeness (QED) is 0.442. The molecule has 3 heterocycles. The Bertz CT molecular complexity index is 1110. The topological polar surface area (TPSA) is 72.4 Å². The van der Waals surface area contributed by atoms with Gasteiger partial charge in [0, 0.05) is 11.8 Å². The van der Waals surface area contributed by atoms with Crippen molar-refractivity contribution < 1.29 is 13.7 Å². The molecule has 0 spiro atoms. The third kappa shape index (κ3) is 4.07. The second-order valence-electron chi connectivity index (χ2n) is 6.50. The van der Waals surface area contributed by atoms with E-state index in [-0.39, 0.29) is 12.5 Å². The number of aromatic nitrogens is 2.